The molecule has 0 unspecified atom stereocenters. The number of carbonyl (C=O) groups is 3. The summed E-state index contributed by atoms with van der Waals surface area (Å²) in [6.07, 6.45) is 0. The minimum absolute atomic E-state index is 0.0121. The number of nitrogens with one attached hydrogen (secondary N) is 1. The number of hydrogen-bond acceptors (Lipinski definition) is 8. The van der Waals surface area contributed by atoms with E-state index in [1.807, 2.05) is 0 Å². The van der Waals surface area contributed by atoms with E-state index < -0.39 is 47.1 Å². The molecule has 0 radical (unpaired) electrons. The van der Waals surface area contributed by atoms with Crippen molar-refractivity contribution < 1.29 is 23.7 Å². The van der Waals surface area contributed by atoms with Gasteiger partial charge < -0.3 is 5.32 Å². The van der Waals surface area contributed by atoms with Crippen molar-refractivity contribution in [3.8, 4) is 0 Å². The van der Waals surface area contributed by atoms with Crippen LogP contribution in [0, 0.1) is 15.9 Å². The molecule has 152 valence electrons. The molecule has 0 saturated carbocycles. The molecule has 3 amide bonds. The molecule has 2 aromatic carbocycles. The highest BCUT2D eigenvalue weighted by atomic mass is 19.1. The Morgan fingerprint density at radius 3 is 2.53 bits per heavy atom. The van der Waals surface area contributed by atoms with Gasteiger partial charge in [-0.3, -0.25) is 29.5 Å². The lowest BCUT2D eigenvalue weighted by Crippen LogP contribution is -2.43. The number of imide groups is 1. The molecule has 1 N–H and O–H groups in total. The highest BCUT2D eigenvalue weighted by Gasteiger charge is 2.55. The van der Waals surface area contributed by atoms with E-state index in [1.54, 1.807) is 0 Å². The maximum atomic E-state index is 13.1. The lowest BCUT2D eigenvalue weighted by molar-refractivity contribution is -0.383. The minimum Gasteiger partial charge on any atom is -0.319 e. The van der Waals surface area contributed by atoms with Crippen LogP contribution in [-0.4, -0.2) is 46.3 Å². The monoisotopic (exact) mass is 412 g/mol. The number of carbonyl (C=O) groups excluding carboxylic acids is 3. The molecule has 2 aliphatic heterocycles. The van der Waals surface area contributed by atoms with E-state index in [1.165, 1.54) is 36.4 Å². The fourth-order valence-corrected chi connectivity index (χ4v) is 3.27. The third kappa shape index (κ3) is 3.23. The number of halogens is 1. The number of amides is 3. The fourth-order valence-electron chi connectivity index (χ4n) is 3.27. The van der Waals surface area contributed by atoms with Gasteiger partial charge in [0.05, 0.1) is 10.6 Å². The van der Waals surface area contributed by atoms with Crippen LogP contribution in [-0.2, 0) is 14.4 Å². The maximum absolute atomic E-state index is 13.1. The molecule has 0 aliphatic carbocycles. The summed E-state index contributed by atoms with van der Waals surface area (Å²) in [5.74, 6) is -2.49. The van der Waals surface area contributed by atoms with Crippen LogP contribution in [0.2, 0.25) is 0 Å². The summed E-state index contributed by atoms with van der Waals surface area (Å²) >= 11 is 0. The third-order valence-electron chi connectivity index (χ3n) is 4.62. The highest BCUT2D eigenvalue weighted by molar-refractivity contribution is 6.25. The first-order valence-corrected chi connectivity index (χ1v) is 8.71. The topological polar surface area (TPSA) is 138 Å². The van der Waals surface area contributed by atoms with Gasteiger partial charge in [0.25, 0.3) is 17.5 Å². The van der Waals surface area contributed by atoms with Crippen molar-refractivity contribution in [1.29, 1.82) is 0 Å². The van der Waals surface area contributed by atoms with Crippen LogP contribution >= 0.6 is 0 Å². The fraction of sp³-hybridized carbons (Fsp3) is 0.167. The summed E-state index contributed by atoms with van der Waals surface area (Å²) in [6.45, 7) is -0.451. The summed E-state index contributed by atoms with van der Waals surface area (Å²) in [5, 5.41) is 22.0. The van der Waals surface area contributed by atoms with Crippen LogP contribution in [0.3, 0.4) is 0 Å². The van der Waals surface area contributed by atoms with E-state index >= 15 is 0 Å². The van der Waals surface area contributed by atoms with Gasteiger partial charge in [-0.1, -0.05) is 17.4 Å². The number of nitro benzene ring substituents is 1. The normalized spacial score (nSPS) is 19.9. The number of nitro groups is 1. The predicted octanol–water partition coefficient (Wildman–Crippen LogP) is 1.67. The molecule has 4 rings (SSSR count). The molecule has 2 aromatic rings. The number of para-hydroxylation sites is 2. The first-order chi connectivity index (χ1) is 14.4. The van der Waals surface area contributed by atoms with Gasteiger partial charge in [0.2, 0.25) is 5.91 Å². The summed E-state index contributed by atoms with van der Waals surface area (Å²) in [4.78, 5) is 49.1. The van der Waals surface area contributed by atoms with Gasteiger partial charge >= 0.3 is 0 Å². The first-order valence-electron chi connectivity index (χ1n) is 8.71. The van der Waals surface area contributed by atoms with E-state index in [0.717, 1.165) is 22.0 Å². The Hall–Kier alpha value is -4.22. The lowest BCUT2D eigenvalue weighted by Gasteiger charge is -2.20. The van der Waals surface area contributed by atoms with Gasteiger partial charge in [-0.05, 0) is 30.3 Å². The SMILES string of the molecule is O=C(CN1N=N[C@H]2C(=O)N(c3ccc(F)cc3)C(=O)[C@H]21)Nc1ccccc1[N+](=O)[O-]. The van der Waals surface area contributed by atoms with E-state index in [-0.39, 0.29) is 17.1 Å². The largest absolute Gasteiger partial charge is 0.319 e. The molecular formula is C18H13FN6O5. The van der Waals surface area contributed by atoms with Crippen LogP contribution in [0.25, 0.3) is 0 Å². The second-order valence-corrected chi connectivity index (χ2v) is 6.50. The van der Waals surface area contributed by atoms with Crippen molar-refractivity contribution in [1.82, 2.24) is 5.01 Å². The summed E-state index contributed by atoms with van der Waals surface area (Å²) in [7, 11) is 0. The van der Waals surface area contributed by atoms with Gasteiger partial charge in [-0.25, -0.2) is 9.29 Å². The zero-order valence-corrected chi connectivity index (χ0v) is 15.1. The molecule has 30 heavy (non-hydrogen) atoms. The molecule has 2 atom stereocenters. The number of hydrogen-bond donors (Lipinski definition) is 1. The molecule has 0 aromatic heterocycles. The summed E-state index contributed by atoms with van der Waals surface area (Å²) in [6, 6.07) is 8.14. The van der Waals surface area contributed by atoms with E-state index in [0.29, 0.717) is 0 Å². The quantitative estimate of drug-likeness (QED) is 0.450. The Balaban J connectivity index is 1.50. The molecule has 0 spiro atoms. The average Bonchev–Trinajstić information content (AvgIpc) is 3.23. The summed E-state index contributed by atoms with van der Waals surface area (Å²) in [5.41, 5.74) is -0.122. The van der Waals surface area contributed by atoms with E-state index in [9.17, 15) is 28.9 Å². The van der Waals surface area contributed by atoms with Crippen LogP contribution in [0.15, 0.2) is 58.9 Å². The number of anilines is 2. The van der Waals surface area contributed by atoms with Crippen molar-refractivity contribution in [2.24, 2.45) is 10.3 Å². The average molecular weight is 412 g/mol. The van der Waals surface area contributed by atoms with Gasteiger partial charge in [0, 0.05) is 6.07 Å². The molecule has 1 saturated heterocycles. The molecule has 2 heterocycles. The Bertz CT molecular complexity index is 1090. The van der Waals surface area contributed by atoms with Gasteiger partial charge in [-0.15, -0.1) is 0 Å². The molecule has 1 fully saturated rings. The lowest BCUT2D eigenvalue weighted by atomic mass is 10.1. The van der Waals surface area contributed by atoms with Gasteiger partial charge in [0.1, 0.15) is 18.0 Å². The first kappa shape index (κ1) is 19.1. The second-order valence-electron chi connectivity index (χ2n) is 6.50. The highest BCUT2D eigenvalue weighted by Crippen LogP contribution is 2.32. The summed E-state index contributed by atoms with van der Waals surface area (Å²) < 4.78 is 13.1. The molecule has 11 nitrogen and oxygen atoms in total. The zero-order chi connectivity index (χ0) is 21.4. The molecule has 2 aliphatic rings. The Morgan fingerprint density at radius 1 is 1.13 bits per heavy atom. The Kier molecular flexibility index (Phi) is 4.66. The second kappa shape index (κ2) is 7.31. The number of rotatable bonds is 5. The van der Waals surface area contributed by atoms with Crippen molar-refractivity contribution in [2.45, 2.75) is 12.1 Å². The predicted molar refractivity (Wildman–Crippen MR) is 99.8 cm³/mol. The van der Waals surface area contributed by atoms with Gasteiger partial charge in [0.15, 0.2) is 12.1 Å². The molecule has 12 heteroatoms. The van der Waals surface area contributed by atoms with Crippen molar-refractivity contribution >= 4 is 34.8 Å². The smallest absolute Gasteiger partial charge is 0.292 e. The van der Waals surface area contributed by atoms with Crippen LogP contribution < -0.4 is 10.2 Å². The Labute approximate surface area is 167 Å². The third-order valence-corrected chi connectivity index (χ3v) is 4.62. The van der Waals surface area contributed by atoms with Crippen LogP contribution in [0.5, 0.6) is 0 Å². The zero-order valence-electron chi connectivity index (χ0n) is 15.1. The van der Waals surface area contributed by atoms with Crippen LogP contribution in [0.1, 0.15) is 0 Å². The van der Waals surface area contributed by atoms with Crippen molar-refractivity contribution in [3.05, 3.63) is 64.5 Å². The molecule has 0 bridgehead atoms. The standard InChI is InChI=1S/C18H13FN6O5/c19-10-5-7-11(8-6-10)24-17(27)15-16(18(24)28)23(22-21-15)9-14(26)20-12-3-1-2-4-13(12)25(29)30/h1-8,15-16H,9H2,(H,20,26)/t15-,16+/m1/s1. The Morgan fingerprint density at radius 2 is 1.83 bits per heavy atom. The van der Waals surface area contributed by atoms with Crippen molar-refractivity contribution in [3.63, 3.8) is 0 Å². The maximum Gasteiger partial charge on any atom is 0.292 e. The number of nitrogens with zero attached hydrogens (tertiary/aromatic N) is 5. The number of fused-ring (bicyclic) bond motifs is 1. The van der Waals surface area contributed by atoms with E-state index in [2.05, 4.69) is 15.7 Å². The number of benzene rings is 2. The molecular weight excluding hydrogens is 399 g/mol. The van der Waals surface area contributed by atoms with Gasteiger partial charge in [-0.2, -0.15) is 5.11 Å². The minimum atomic E-state index is -1.13. The van der Waals surface area contributed by atoms with Crippen molar-refractivity contribution in [2.75, 3.05) is 16.8 Å². The van der Waals surface area contributed by atoms with Crippen LogP contribution in [0.4, 0.5) is 21.5 Å². The van der Waals surface area contributed by atoms with E-state index in [4.69, 9.17) is 0 Å².